The highest BCUT2D eigenvalue weighted by atomic mass is 32.3. The summed E-state index contributed by atoms with van der Waals surface area (Å²) >= 11 is 0. The third-order valence-electron chi connectivity index (χ3n) is 5.38. The molecule has 2 N–H and O–H groups in total. The molecule has 14 nitrogen and oxygen atoms in total. The van der Waals surface area contributed by atoms with Crippen molar-refractivity contribution in [3.8, 4) is 0 Å². The number of amidine groups is 1. The number of fused-ring (bicyclic) bond motifs is 2. The fourth-order valence-electron chi connectivity index (χ4n) is 3.92. The molecule has 3 heterocycles. The van der Waals surface area contributed by atoms with Gasteiger partial charge in [0.1, 0.15) is 23.6 Å². The van der Waals surface area contributed by atoms with Crippen molar-refractivity contribution >= 4 is 34.3 Å². The predicted octanol–water partition coefficient (Wildman–Crippen LogP) is 0.465. The zero-order valence-electron chi connectivity index (χ0n) is 18.9. The van der Waals surface area contributed by atoms with Crippen molar-refractivity contribution in [2.24, 2.45) is 4.99 Å². The Morgan fingerprint density at radius 2 is 1.88 bits per heavy atom. The second-order valence-corrected chi connectivity index (χ2v) is 10.1. The van der Waals surface area contributed by atoms with E-state index in [1.807, 2.05) is 4.90 Å². The number of amides is 4. The van der Waals surface area contributed by atoms with E-state index in [1.54, 1.807) is 27.7 Å². The first-order valence-corrected chi connectivity index (χ1v) is 11.9. The van der Waals surface area contributed by atoms with E-state index >= 15 is 0 Å². The van der Waals surface area contributed by atoms with Crippen molar-refractivity contribution in [2.45, 2.75) is 70.7 Å². The highest BCUT2D eigenvalue weighted by molar-refractivity contribution is 7.80. The smallest absolute Gasteiger partial charge is 0.435 e. The molecule has 3 aliphatic rings. The molecule has 0 spiro atoms. The first-order chi connectivity index (χ1) is 15.2. The van der Waals surface area contributed by atoms with Crippen LogP contribution in [0.2, 0.25) is 0 Å². The van der Waals surface area contributed by atoms with Crippen molar-refractivity contribution in [1.29, 1.82) is 0 Å². The van der Waals surface area contributed by atoms with Crippen LogP contribution in [0.1, 0.15) is 47.0 Å². The SMILES string of the molecule is CC(=NC(=O)OC(C)(C)C)N1CC[C@H](ONC(=O)[C@@H]2CC[C@@H]3CN2C(=O)N3OS(=O)(=O)O)C1. The number of nitrogens with zero attached hydrogens (tertiary/aromatic N) is 4. The number of hydrogen-bond acceptors (Lipinski definition) is 8. The quantitative estimate of drug-likeness (QED) is 0.239. The Balaban J connectivity index is 1.49. The van der Waals surface area contributed by atoms with Gasteiger partial charge in [-0.15, -0.1) is 4.28 Å². The second kappa shape index (κ2) is 9.40. The molecule has 0 aromatic heterocycles. The van der Waals surface area contributed by atoms with Gasteiger partial charge in [0, 0.05) is 19.6 Å². The average molecular weight is 492 g/mol. The Labute approximate surface area is 191 Å². The van der Waals surface area contributed by atoms with Crippen LogP contribution < -0.4 is 5.48 Å². The van der Waals surface area contributed by atoms with E-state index < -0.39 is 46.1 Å². The van der Waals surface area contributed by atoms with E-state index in [4.69, 9.17) is 14.1 Å². The third-order valence-corrected chi connectivity index (χ3v) is 5.72. The maximum Gasteiger partial charge on any atom is 0.435 e. The Morgan fingerprint density at radius 1 is 1.18 bits per heavy atom. The monoisotopic (exact) mass is 491 g/mol. The lowest BCUT2D eigenvalue weighted by Gasteiger charge is -2.29. The first-order valence-electron chi connectivity index (χ1n) is 10.5. The lowest BCUT2D eigenvalue weighted by Crippen LogP contribution is -2.50. The van der Waals surface area contributed by atoms with Crippen molar-refractivity contribution in [1.82, 2.24) is 20.3 Å². The zero-order chi connectivity index (χ0) is 24.6. The molecule has 2 bridgehead atoms. The molecule has 15 heteroatoms. The molecule has 0 saturated carbocycles. The Hall–Kier alpha value is -2.49. The average Bonchev–Trinajstić information content (AvgIpc) is 3.23. The van der Waals surface area contributed by atoms with Gasteiger partial charge >= 0.3 is 22.5 Å². The van der Waals surface area contributed by atoms with Crippen molar-refractivity contribution in [2.75, 3.05) is 19.6 Å². The van der Waals surface area contributed by atoms with Crippen molar-refractivity contribution < 1.29 is 41.2 Å². The number of hydroxylamine groups is 3. The normalized spacial score (nSPS) is 26.1. The van der Waals surface area contributed by atoms with Crippen LogP contribution in [-0.4, -0.2) is 95.1 Å². The number of urea groups is 1. The van der Waals surface area contributed by atoms with Gasteiger partial charge in [-0.2, -0.15) is 18.5 Å². The minimum atomic E-state index is -4.86. The number of carbonyl (C=O) groups is 3. The van der Waals surface area contributed by atoms with E-state index in [1.165, 1.54) is 4.90 Å². The summed E-state index contributed by atoms with van der Waals surface area (Å²) in [5, 5.41) is 0.575. The van der Waals surface area contributed by atoms with Gasteiger partial charge in [-0.1, -0.05) is 0 Å². The summed E-state index contributed by atoms with van der Waals surface area (Å²) in [5.41, 5.74) is 1.73. The van der Waals surface area contributed by atoms with Gasteiger partial charge in [0.25, 0.3) is 5.91 Å². The van der Waals surface area contributed by atoms with Crippen molar-refractivity contribution in [3.63, 3.8) is 0 Å². The fraction of sp³-hybridized carbons (Fsp3) is 0.778. The highest BCUT2D eigenvalue weighted by Crippen LogP contribution is 2.30. The third kappa shape index (κ3) is 6.52. The van der Waals surface area contributed by atoms with Crippen LogP contribution in [0.15, 0.2) is 4.99 Å². The number of hydrogen-bond donors (Lipinski definition) is 2. The minimum Gasteiger partial charge on any atom is -0.442 e. The van der Waals surface area contributed by atoms with Gasteiger partial charge in [0.15, 0.2) is 0 Å². The lowest BCUT2D eigenvalue weighted by atomic mass is 10.0. The van der Waals surface area contributed by atoms with E-state index in [0.29, 0.717) is 36.8 Å². The topological polar surface area (TPSA) is 167 Å². The standard InChI is InChI=1S/C18H29N5O9S/c1-11(19-16(25)30-18(2,3)4)21-8-7-13(10-21)31-20-15(24)14-6-5-12-9-22(14)17(26)23(12)32-33(27,28)29/h12-14H,5-10H2,1-4H3,(H,20,24)(H,27,28,29)/t12-,13+,14+/m1/s1. The molecule has 3 atom stereocenters. The summed E-state index contributed by atoms with van der Waals surface area (Å²) in [6.07, 6.45) is 0.119. The van der Waals surface area contributed by atoms with Crippen LogP contribution >= 0.6 is 0 Å². The summed E-state index contributed by atoms with van der Waals surface area (Å²) in [4.78, 5) is 49.3. The number of carbonyl (C=O) groups excluding carboxylic acids is 3. The number of rotatable bonds is 5. The lowest BCUT2D eigenvalue weighted by molar-refractivity contribution is -0.143. The highest BCUT2D eigenvalue weighted by Gasteiger charge is 2.49. The summed E-state index contributed by atoms with van der Waals surface area (Å²) in [5.74, 6) is -0.0744. The maximum absolute atomic E-state index is 12.6. The van der Waals surface area contributed by atoms with Gasteiger partial charge < -0.3 is 14.5 Å². The summed E-state index contributed by atoms with van der Waals surface area (Å²) in [7, 11) is -4.86. The predicted molar refractivity (Wildman–Crippen MR) is 112 cm³/mol. The molecular formula is C18H29N5O9S. The van der Waals surface area contributed by atoms with Crippen LogP contribution in [0.4, 0.5) is 9.59 Å². The van der Waals surface area contributed by atoms with Crippen LogP contribution in [0.25, 0.3) is 0 Å². The molecule has 0 aromatic carbocycles. The molecule has 186 valence electrons. The molecule has 0 unspecified atom stereocenters. The van der Waals surface area contributed by atoms with E-state index in [-0.39, 0.29) is 19.1 Å². The molecule has 3 saturated heterocycles. The molecule has 3 fully saturated rings. The van der Waals surface area contributed by atoms with Crippen LogP contribution in [-0.2, 0) is 29.1 Å². The summed E-state index contributed by atoms with van der Waals surface area (Å²) in [6.45, 7) is 7.98. The minimum absolute atomic E-state index is 0.0873. The van der Waals surface area contributed by atoms with Gasteiger partial charge in [0.05, 0.1) is 6.04 Å². The molecule has 33 heavy (non-hydrogen) atoms. The van der Waals surface area contributed by atoms with Gasteiger partial charge in [-0.25, -0.2) is 15.1 Å². The van der Waals surface area contributed by atoms with Crippen LogP contribution in [0.5, 0.6) is 0 Å². The number of nitrogens with one attached hydrogen (secondary N) is 1. The van der Waals surface area contributed by atoms with Crippen LogP contribution in [0, 0.1) is 0 Å². The number of likely N-dealkylation sites (tertiary alicyclic amines) is 1. The van der Waals surface area contributed by atoms with Gasteiger partial charge in [-0.3, -0.25) is 14.2 Å². The van der Waals surface area contributed by atoms with Crippen LogP contribution in [0.3, 0.4) is 0 Å². The fourth-order valence-corrected chi connectivity index (χ4v) is 4.31. The molecule has 3 rings (SSSR count). The Kier molecular flexibility index (Phi) is 7.16. The molecule has 4 amide bonds. The number of aliphatic imine (C=N–C) groups is 1. The van der Waals surface area contributed by atoms with Crippen molar-refractivity contribution in [3.05, 3.63) is 0 Å². The second-order valence-electron chi connectivity index (χ2n) is 9.09. The van der Waals surface area contributed by atoms with E-state index in [2.05, 4.69) is 14.8 Å². The maximum atomic E-state index is 12.6. The molecular weight excluding hydrogens is 462 g/mol. The van der Waals surface area contributed by atoms with Gasteiger partial charge in [-0.05, 0) is 47.0 Å². The Morgan fingerprint density at radius 3 is 2.52 bits per heavy atom. The van der Waals surface area contributed by atoms with Gasteiger partial charge in [0.2, 0.25) is 0 Å². The zero-order valence-corrected chi connectivity index (χ0v) is 19.7. The molecule has 0 aliphatic carbocycles. The number of piperidine rings is 1. The van der Waals surface area contributed by atoms with E-state index in [0.717, 1.165) is 0 Å². The molecule has 3 aliphatic heterocycles. The first kappa shape index (κ1) is 25.1. The largest absolute Gasteiger partial charge is 0.442 e. The molecule has 0 aromatic rings. The summed E-state index contributed by atoms with van der Waals surface area (Å²) < 4.78 is 40.3. The number of ether oxygens (including phenoxy) is 1. The van der Waals surface area contributed by atoms with E-state index in [9.17, 15) is 22.8 Å². The molecule has 0 radical (unpaired) electrons. The summed E-state index contributed by atoms with van der Waals surface area (Å²) in [6, 6.07) is -2.27. The Bertz CT molecular complexity index is 932.